The smallest absolute Gasteiger partial charge is 0.163 e. The van der Waals surface area contributed by atoms with E-state index >= 15 is 0 Å². The van der Waals surface area contributed by atoms with Crippen molar-refractivity contribution in [2.45, 2.75) is 32.6 Å². The number of methoxy groups -OCH3 is 1. The topological polar surface area (TPSA) is 55.5 Å². The molecule has 0 aliphatic carbocycles. The van der Waals surface area contributed by atoms with Crippen LogP contribution in [0.25, 0.3) is 0 Å². The van der Waals surface area contributed by atoms with Gasteiger partial charge >= 0.3 is 0 Å². The third kappa shape index (κ3) is 2.67. The summed E-state index contributed by atoms with van der Waals surface area (Å²) >= 11 is 0. The second kappa shape index (κ2) is 4.74. The van der Waals surface area contributed by atoms with Gasteiger partial charge in [-0.1, -0.05) is 26.8 Å². The van der Waals surface area contributed by atoms with E-state index in [0.717, 1.165) is 11.1 Å². The Labute approximate surface area is 97.2 Å². The maximum absolute atomic E-state index is 9.90. The minimum Gasteiger partial charge on any atom is -0.504 e. The Kier molecular flexibility index (Phi) is 3.81. The van der Waals surface area contributed by atoms with Crippen LogP contribution in [0, 0.1) is 0 Å². The number of rotatable bonds is 3. The van der Waals surface area contributed by atoms with Gasteiger partial charge in [-0.3, -0.25) is 0 Å². The van der Waals surface area contributed by atoms with Gasteiger partial charge in [0.1, 0.15) is 0 Å². The van der Waals surface area contributed by atoms with Gasteiger partial charge in [0.15, 0.2) is 11.5 Å². The maximum Gasteiger partial charge on any atom is 0.163 e. The number of hydrogen-bond acceptors (Lipinski definition) is 3. The highest BCUT2D eigenvalue weighted by atomic mass is 16.5. The molecule has 0 atom stereocenters. The molecule has 1 rings (SSSR count). The Morgan fingerprint density at radius 2 is 1.94 bits per heavy atom. The molecule has 0 fully saturated rings. The Morgan fingerprint density at radius 3 is 2.38 bits per heavy atom. The molecule has 0 bridgehead atoms. The van der Waals surface area contributed by atoms with Crippen LogP contribution in [0.5, 0.6) is 11.5 Å². The van der Waals surface area contributed by atoms with E-state index in [9.17, 15) is 5.11 Å². The van der Waals surface area contributed by atoms with Gasteiger partial charge in [-0.15, -0.1) is 0 Å². The van der Waals surface area contributed by atoms with Gasteiger partial charge in [0, 0.05) is 0 Å². The van der Waals surface area contributed by atoms with Crippen molar-refractivity contribution in [1.29, 1.82) is 0 Å². The van der Waals surface area contributed by atoms with Crippen molar-refractivity contribution in [2.75, 3.05) is 13.7 Å². The zero-order chi connectivity index (χ0) is 12.3. The molecule has 0 unspecified atom stereocenters. The molecular formula is C13H21NO2. The van der Waals surface area contributed by atoms with E-state index in [1.165, 1.54) is 0 Å². The summed E-state index contributed by atoms with van der Waals surface area (Å²) in [5.74, 6) is 0.733. The molecule has 16 heavy (non-hydrogen) atoms. The molecule has 0 aliphatic rings. The highest BCUT2D eigenvalue weighted by molar-refractivity contribution is 5.50. The number of benzene rings is 1. The molecule has 1 aromatic rings. The van der Waals surface area contributed by atoms with Gasteiger partial charge in [0.05, 0.1) is 7.11 Å². The van der Waals surface area contributed by atoms with Gasteiger partial charge in [-0.05, 0) is 35.6 Å². The van der Waals surface area contributed by atoms with E-state index < -0.39 is 0 Å². The third-order valence-electron chi connectivity index (χ3n) is 2.63. The summed E-state index contributed by atoms with van der Waals surface area (Å²) in [6, 6.07) is 3.82. The molecule has 0 aliphatic heterocycles. The summed E-state index contributed by atoms with van der Waals surface area (Å²) in [6.45, 7) is 6.88. The van der Waals surface area contributed by atoms with Crippen LogP contribution in [0.1, 0.15) is 31.9 Å². The van der Waals surface area contributed by atoms with Crippen LogP contribution in [0.3, 0.4) is 0 Å². The Morgan fingerprint density at radius 1 is 1.31 bits per heavy atom. The van der Waals surface area contributed by atoms with Crippen molar-refractivity contribution in [3.63, 3.8) is 0 Å². The first kappa shape index (κ1) is 12.8. The van der Waals surface area contributed by atoms with Crippen LogP contribution < -0.4 is 10.5 Å². The lowest BCUT2D eigenvalue weighted by atomic mass is 9.85. The number of phenols is 1. The number of nitrogens with two attached hydrogens (primary N) is 1. The van der Waals surface area contributed by atoms with Crippen molar-refractivity contribution in [3.05, 3.63) is 23.3 Å². The van der Waals surface area contributed by atoms with Crippen molar-refractivity contribution in [3.8, 4) is 11.5 Å². The molecule has 0 heterocycles. The molecule has 90 valence electrons. The van der Waals surface area contributed by atoms with Gasteiger partial charge in [-0.2, -0.15) is 0 Å². The lowest BCUT2D eigenvalue weighted by molar-refractivity contribution is 0.368. The van der Waals surface area contributed by atoms with E-state index in [-0.39, 0.29) is 11.2 Å². The average molecular weight is 223 g/mol. The number of aromatic hydroxyl groups is 1. The lowest BCUT2D eigenvalue weighted by Gasteiger charge is -2.22. The third-order valence-corrected chi connectivity index (χ3v) is 2.63. The quantitative estimate of drug-likeness (QED) is 0.826. The highest BCUT2D eigenvalue weighted by Crippen LogP contribution is 2.35. The summed E-state index contributed by atoms with van der Waals surface area (Å²) in [5.41, 5.74) is 7.62. The fourth-order valence-corrected chi connectivity index (χ4v) is 1.68. The fourth-order valence-electron chi connectivity index (χ4n) is 1.68. The van der Waals surface area contributed by atoms with Crippen molar-refractivity contribution in [1.82, 2.24) is 0 Å². The lowest BCUT2D eigenvalue weighted by Crippen LogP contribution is -2.13. The molecule has 3 N–H and O–H groups in total. The van der Waals surface area contributed by atoms with Gasteiger partial charge in [0.2, 0.25) is 0 Å². The van der Waals surface area contributed by atoms with E-state index in [0.29, 0.717) is 18.7 Å². The van der Waals surface area contributed by atoms with Crippen LogP contribution in [0.4, 0.5) is 0 Å². The largest absolute Gasteiger partial charge is 0.504 e. The second-order valence-electron chi connectivity index (χ2n) is 4.98. The van der Waals surface area contributed by atoms with Gasteiger partial charge in [-0.25, -0.2) is 0 Å². The van der Waals surface area contributed by atoms with Crippen molar-refractivity contribution >= 4 is 0 Å². The maximum atomic E-state index is 9.90. The predicted octanol–water partition coefficient (Wildman–Crippen LogP) is 2.20. The molecule has 3 heteroatoms. The molecule has 0 amide bonds. The first-order valence-electron chi connectivity index (χ1n) is 5.50. The average Bonchev–Trinajstić information content (AvgIpc) is 2.16. The molecule has 0 radical (unpaired) electrons. The Hall–Kier alpha value is -1.22. The molecule has 1 aromatic carbocycles. The van der Waals surface area contributed by atoms with Crippen LogP contribution in [0.15, 0.2) is 12.1 Å². The van der Waals surface area contributed by atoms with Crippen LogP contribution in [-0.4, -0.2) is 18.8 Å². The second-order valence-corrected chi connectivity index (χ2v) is 4.98. The summed E-state index contributed by atoms with van der Waals surface area (Å²) in [5, 5.41) is 9.90. The SMILES string of the molecule is COc1c(O)cc(C(C)(C)C)cc1CCN. The first-order valence-corrected chi connectivity index (χ1v) is 5.50. The van der Waals surface area contributed by atoms with Crippen molar-refractivity contribution in [2.24, 2.45) is 5.73 Å². The van der Waals surface area contributed by atoms with E-state index in [1.54, 1.807) is 13.2 Å². The monoisotopic (exact) mass is 223 g/mol. The van der Waals surface area contributed by atoms with E-state index in [2.05, 4.69) is 26.8 Å². The molecule has 0 saturated heterocycles. The first-order chi connectivity index (χ1) is 7.40. The van der Waals surface area contributed by atoms with Gasteiger partial charge < -0.3 is 15.6 Å². The van der Waals surface area contributed by atoms with Crippen LogP contribution in [-0.2, 0) is 11.8 Å². The van der Waals surface area contributed by atoms with E-state index in [1.807, 2.05) is 0 Å². The van der Waals surface area contributed by atoms with E-state index in [4.69, 9.17) is 10.5 Å². The standard InChI is InChI=1S/C13H21NO2/c1-13(2,3)10-7-9(5-6-14)12(16-4)11(15)8-10/h7-8,15H,5-6,14H2,1-4H3. The molecule has 0 spiro atoms. The molecule has 0 aromatic heterocycles. The summed E-state index contributed by atoms with van der Waals surface area (Å²) in [7, 11) is 1.56. The minimum atomic E-state index is 0.00704. The molecule has 0 saturated carbocycles. The number of ether oxygens (including phenoxy) is 1. The number of hydrogen-bond donors (Lipinski definition) is 2. The van der Waals surface area contributed by atoms with Crippen LogP contribution >= 0.6 is 0 Å². The summed E-state index contributed by atoms with van der Waals surface area (Å²) in [6.07, 6.45) is 0.709. The molecule has 3 nitrogen and oxygen atoms in total. The zero-order valence-electron chi connectivity index (χ0n) is 10.5. The van der Waals surface area contributed by atoms with Crippen molar-refractivity contribution < 1.29 is 9.84 Å². The fraction of sp³-hybridized carbons (Fsp3) is 0.538. The minimum absolute atomic E-state index is 0.00704. The predicted molar refractivity (Wildman–Crippen MR) is 66.1 cm³/mol. The molecular weight excluding hydrogens is 202 g/mol. The highest BCUT2D eigenvalue weighted by Gasteiger charge is 2.18. The normalized spacial score (nSPS) is 11.6. The van der Waals surface area contributed by atoms with Gasteiger partial charge in [0.25, 0.3) is 0 Å². The summed E-state index contributed by atoms with van der Waals surface area (Å²) < 4.78 is 5.19. The Balaban J connectivity index is 3.28. The van der Waals surface area contributed by atoms with Crippen LogP contribution in [0.2, 0.25) is 0 Å². The number of phenolic OH excluding ortho intramolecular Hbond substituents is 1. The Bertz CT molecular complexity index is 367. The summed E-state index contributed by atoms with van der Waals surface area (Å²) in [4.78, 5) is 0. The zero-order valence-corrected chi connectivity index (χ0v) is 10.5.